The summed E-state index contributed by atoms with van der Waals surface area (Å²) in [5, 5.41) is 8.54. The van der Waals surface area contributed by atoms with E-state index in [0.717, 1.165) is 17.8 Å². The van der Waals surface area contributed by atoms with E-state index in [1.807, 2.05) is 12.1 Å². The second-order valence-electron chi connectivity index (χ2n) is 3.68. The maximum absolute atomic E-state index is 10.4. The number of hydrogen-bond acceptors (Lipinski definition) is 1. The van der Waals surface area contributed by atoms with Crippen LogP contribution in [0.2, 0.25) is 0 Å². The summed E-state index contributed by atoms with van der Waals surface area (Å²) in [4.78, 5) is 13.5. The van der Waals surface area contributed by atoms with Gasteiger partial charge in [-0.1, -0.05) is 13.8 Å². The summed E-state index contributed by atoms with van der Waals surface area (Å²) in [5.74, 6) is -0.200. The van der Waals surface area contributed by atoms with Crippen LogP contribution in [-0.4, -0.2) is 16.1 Å². The first-order valence-corrected chi connectivity index (χ1v) is 4.46. The Hall–Kier alpha value is -1.25. The number of carboxylic acids is 1. The van der Waals surface area contributed by atoms with Gasteiger partial charge >= 0.3 is 5.97 Å². The van der Waals surface area contributed by atoms with Gasteiger partial charge in [0.2, 0.25) is 0 Å². The van der Waals surface area contributed by atoms with Crippen LogP contribution in [0.1, 0.15) is 25.2 Å². The molecule has 0 aliphatic rings. The Labute approximate surface area is 77.8 Å². The molecular formula is C10H15NO2. The Balaban J connectivity index is 2.58. The molecule has 3 heteroatoms. The number of carbonyl (C=O) groups is 1. The number of carboxylic acid groups (broad SMARTS) is 1. The molecule has 0 aromatic carbocycles. The lowest BCUT2D eigenvalue weighted by atomic mass is 10.1. The summed E-state index contributed by atoms with van der Waals surface area (Å²) in [6.07, 6.45) is 1.05. The Morgan fingerprint density at radius 3 is 2.62 bits per heavy atom. The molecule has 1 aromatic heterocycles. The van der Waals surface area contributed by atoms with Crippen LogP contribution in [0, 0.1) is 5.92 Å². The summed E-state index contributed by atoms with van der Waals surface area (Å²) in [5.41, 5.74) is 1.90. The number of rotatable bonds is 4. The van der Waals surface area contributed by atoms with Crippen molar-refractivity contribution in [2.45, 2.75) is 26.7 Å². The first-order valence-electron chi connectivity index (χ1n) is 4.46. The summed E-state index contributed by atoms with van der Waals surface area (Å²) < 4.78 is 0. The van der Waals surface area contributed by atoms with Gasteiger partial charge in [0, 0.05) is 11.4 Å². The normalized spacial score (nSPS) is 10.7. The topological polar surface area (TPSA) is 53.1 Å². The summed E-state index contributed by atoms with van der Waals surface area (Å²) in [6.45, 7) is 4.27. The highest BCUT2D eigenvalue weighted by molar-refractivity contribution is 5.69. The van der Waals surface area contributed by atoms with E-state index in [1.54, 1.807) is 0 Å². The van der Waals surface area contributed by atoms with Crippen molar-refractivity contribution in [2.75, 3.05) is 0 Å². The lowest BCUT2D eigenvalue weighted by Crippen LogP contribution is -2.01. The molecule has 1 rings (SSSR count). The molecule has 13 heavy (non-hydrogen) atoms. The predicted octanol–water partition coefficient (Wildman–Crippen LogP) is 1.84. The molecule has 0 aliphatic carbocycles. The number of hydrogen-bond donors (Lipinski definition) is 2. The van der Waals surface area contributed by atoms with E-state index in [9.17, 15) is 4.79 Å². The molecule has 1 heterocycles. The third-order valence-electron chi connectivity index (χ3n) is 1.78. The maximum atomic E-state index is 10.4. The molecule has 0 spiro atoms. The van der Waals surface area contributed by atoms with E-state index in [2.05, 4.69) is 18.8 Å². The first kappa shape index (κ1) is 9.84. The predicted molar refractivity (Wildman–Crippen MR) is 50.7 cm³/mol. The molecule has 0 bridgehead atoms. The summed E-state index contributed by atoms with van der Waals surface area (Å²) in [7, 11) is 0. The van der Waals surface area contributed by atoms with Crippen LogP contribution in [-0.2, 0) is 17.6 Å². The summed E-state index contributed by atoms with van der Waals surface area (Å²) in [6, 6.07) is 3.80. The number of nitrogens with one attached hydrogen (secondary N) is 1. The Morgan fingerprint density at radius 2 is 2.08 bits per heavy atom. The van der Waals surface area contributed by atoms with Crippen LogP contribution in [0.3, 0.4) is 0 Å². The molecule has 1 aromatic rings. The lowest BCUT2D eigenvalue weighted by molar-refractivity contribution is -0.136. The molecule has 0 fully saturated rings. The van der Waals surface area contributed by atoms with Crippen molar-refractivity contribution in [1.82, 2.24) is 4.98 Å². The van der Waals surface area contributed by atoms with E-state index in [4.69, 9.17) is 5.11 Å². The van der Waals surface area contributed by atoms with Crippen molar-refractivity contribution in [3.8, 4) is 0 Å². The average Bonchev–Trinajstić information content (AvgIpc) is 2.33. The Bertz CT molecular complexity index is 289. The molecule has 0 saturated heterocycles. The minimum atomic E-state index is -0.794. The fraction of sp³-hybridized carbons (Fsp3) is 0.500. The largest absolute Gasteiger partial charge is 0.481 e. The quantitative estimate of drug-likeness (QED) is 0.744. The van der Waals surface area contributed by atoms with Gasteiger partial charge < -0.3 is 10.1 Å². The molecular weight excluding hydrogens is 166 g/mol. The second kappa shape index (κ2) is 4.12. The number of aliphatic carboxylic acids is 1. The van der Waals surface area contributed by atoms with Gasteiger partial charge in [-0.15, -0.1) is 0 Å². The van der Waals surface area contributed by atoms with Crippen molar-refractivity contribution in [3.05, 3.63) is 23.5 Å². The SMILES string of the molecule is CC(C)Cc1ccc(CC(=O)O)[nH]1. The zero-order valence-corrected chi connectivity index (χ0v) is 8.00. The van der Waals surface area contributed by atoms with Crippen LogP contribution >= 0.6 is 0 Å². The highest BCUT2D eigenvalue weighted by atomic mass is 16.4. The third kappa shape index (κ3) is 3.32. The van der Waals surface area contributed by atoms with Crippen molar-refractivity contribution in [1.29, 1.82) is 0 Å². The van der Waals surface area contributed by atoms with Crippen LogP contribution in [0.4, 0.5) is 0 Å². The van der Waals surface area contributed by atoms with Gasteiger partial charge in [0.25, 0.3) is 0 Å². The van der Waals surface area contributed by atoms with Crippen molar-refractivity contribution in [2.24, 2.45) is 5.92 Å². The molecule has 0 saturated carbocycles. The van der Waals surface area contributed by atoms with Crippen LogP contribution in [0.15, 0.2) is 12.1 Å². The number of aromatic nitrogens is 1. The van der Waals surface area contributed by atoms with E-state index in [0.29, 0.717) is 5.92 Å². The maximum Gasteiger partial charge on any atom is 0.309 e. The highest BCUT2D eigenvalue weighted by Gasteiger charge is 2.04. The minimum Gasteiger partial charge on any atom is -0.481 e. The molecule has 2 N–H and O–H groups in total. The van der Waals surface area contributed by atoms with Gasteiger partial charge in [0.05, 0.1) is 6.42 Å². The zero-order chi connectivity index (χ0) is 9.84. The standard InChI is InChI=1S/C10H15NO2/c1-7(2)5-8-3-4-9(11-8)6-10(12)13/h3-4,7,11H,5-6H2,1-2H3,(H,12,13). The average molecular weight is 181 g/mol. The molecule has 0 atom stereocenters. The fourth-order valence-electron chi connectivity index (χ4n) is 1.32. The summed E-state index contributed by atoms with van der Waals surface area (Å²) >= 11 is 0. The smallest absolute Gasteiger partial charge is 0.309 e. The van der Waals surface area contributed by atoms with Gasteiger partial charge in [-0.2, -0.15) is 0 Å². The van der Waals surface area contributed by atoms with Crippen LogP contribution in [0.25, 0.3) is 0 Å². The monoisotopic (exact) mass is 181 g/mol. The highest BCUT2D eigenvalue weighted by Crippen LogP contribution is 2.08. The minimum absolute atomic E-state index is 0.0814. The van der Waals surface area contributed by atoms with E-state index < -0.39 is 5.97 Å². The molecule has 0 unspecified atom stereocenters. The van der Waals surface area contributed by atoms with Gasteiger partial charge in [-0.05, 0) is 24.5 Å². The third-order valence-corrected chi connectivity index (χ3v) is 1.78. The van der Waals surface area contributed by atoms with Gasteiger partial charge in [-0.3, -0.25) is 4.79 Å². The van der Waals surface area contributed by atoms with Gasteiger partial charge in [0.1, 0.15) is 0 Å². The van der Waals surface area contributed by atoms with Crippen LogP contribution in [0.5, 0.6) is 0 Å². The Morgan fingerprint density at radius 1 is 1.46 bits per heavy atom. The zero-order valence-electron chi connectivity index (χ0n) is 8.00. The Kier molecular flexibility index (Phi) is 3.12. The lowest BCUT2D eigenvalue weighted by Gasteiger charge is -2.00. The van der Waals surface area contributed by atoms with Crippen molar-refractivity contribution >= 4 is 5.97 Å². The fourth-order valence-corrected chi connectivity index (χ4v) is 1.32. The van der Waals surface area contributed by atoms with Crippen molar-refractivity contribution in [3.63, 3.8) is 0 Å². The van der Waals surface area contributed by atoms with Crippen LogP contribution < -0.4 is 0 Å². The second-order valence-corrected chi connectivity index (χ2v) is 3.68. The van der Waals surface area contributed by atoms with Gasteiger partial charge in [0.15, 0.2) is 0 Å². The van der Waals surface area contributed by atoms with Crippen molar-refractivity contribution < 1.29 is 9.90 Å². The van der Waals surface area contributed by atoms with E-state index in [1.165, 1.54) is 0 Å². The molecule has 0 amide bonds. The number of H-pyrrole nitrogens is 1. The van der Waals surface area contributed by atoms with E-state index >= 15 is 0 Å². The van der Waals surface area contributed by atoms with Gasteiger partial charge in [-0.25, -0.2) is 0 Å². The molecule has 0 aliphatic heterocycles. The molecule has 3 nitrogen and oxygen atoms in total. The molecule has 0 radical (unpaired) electrons. The number of aromatic amines is 1. The first-order chi connectivity index (χ1) is 6.08. The molecule has 72 valence electrons. The van der Waals surface area contributed by atoms with E-state index in [-0.39, 0.29) is 6.42 Å².